The van der Waals surface area contributed by atoms with E-state index in [1.54, 1.807) is 0 Å². The van der Waals surface area contributed by atoms with Crippen molar-refractivity contribution in [2.24, 2.45) is 56.7 Å². The highest BCUT2D eigenvalue weighted by molar-refractivity contribution is 5.78. The number of aliphatic hydroxyl groups excluding tert-OH is 10. The monoisotopic (exact) mass is 927 g/mol. The maximum atomic E-state index is 15.0. The van der Waals surface area contributed by atoms with Gasteiger partial charge in [-0.05, 0) is 129 Å². The topological polar surface area (TPSA) is 275 Å². The second-order valence-electron chi connectivity index (χ2n) is 23.0. The SMILES string of the molecule is C=C(C)C1CCC2(C(=O)OC3OC(COC4OC(CO)C(OC5OC(C)C(O)C(O)C5O)C(O)C4O)C(O)C(O)C3O)CCC3(C)C(CCC4C5(C)CCC(O)C(C)(C)C5CCC43C)C12. The van der Waals surface area contributed by atoms with Crippen molar-refractivity contribution in [3.05, 3.63) is 12.2 Å². The van der Waals surface area contributed by atoms with E-state index in [9.17, 15) is 55.9 Å². The van der Waals surface area contributed by atoms with Crippen molar-refractivity contribution in [2.45, 2.75) is 211 Å². The third-order valence-electron chi connectivity index (χ3n) is 19.7. The molecule has 25 unspecified atom stereocenters. The lowest BCUT2D eigenvalue weighted by Crippen LogP contribution is -2.67. The fraction of sp³-hybridized carbons (Fsp3) is 0.938. The summed E-state index contributed by atoms with van der Waals surface area (Å²) in [5, 5.41) is 108. The molecule has 65 heavy (non-hydrogen) atoms. The lowest BCUT2D eigenvalue weighted by Gasteiger charge is -2.72. The lowest BCUT2D eigenvalue weighted by molar-refractivity contribution is -0.361. The summed E-state index contributed by atoms with van der Waals surface area (Å²) in [7, 11) is 0. The molecule has 5 aliphatic carbocycles. The molecule has 0 bridgehead atoms. The molecule has 0 aromatic carbocycles. The number of fused-ring (bicyclic) bond motifs is 7. The predicted octanol–water partition coefficient (Wildman–Crippen LogP) is 1.02. The summed E-state index contributed by atoms with van der Waals surface area (Å²) in [4.78, 5) is 15.0. The minimum absolute atomic E-state index is 0.00379. The summed E-state index contributed by atoms with van der Waals surface area (Å²) in [6, 6.07) is 0. The van der Waals surface area contributed by atoms with Crippen LogP contribution in [0.3, 0.4) is 0 Å². The third-order valence-corrected chi connectivity index (χ3v) is 19.7. The van der Waals surface area contributed by atoms with Crippen molar-refractivity contribution in [2.75, 3.05) is 13.2 Å². The maximum Gasteiger partial charge on any atom is 0.314 e. The minimum atomic E-state index is -1.84. The van der Waals surface area contributed by atoms with E-state index in [0.29, 0.717) is 24.7 Å². The van der Waals surface area contributed by atoms with E-state index in [0.717, 1.165) is 56.9 Å². The standard InChI is InChI=1S/C48H78O17/c1-21(2)23-11-16-48(18-17-46(7)24(30(23)48)9-10-28-45(6)14-13-29(50)44(4,5)27(45)12-15-47(28,46)8)43(59)65-42-37(57)34(54)32(52)26(63-42)20-60-40-38(58)35(55)39(25(19-49)62-40)64-41-36(56)33(53)31(51)22(3)61-41/h22-42,49-58H,1,9-20H2,2-8H3. The first-order chi connectivity index (χ1) is 30.4. The van der Waals surface area contributed by atoms with Crippen molar-refractivity contribution >= 4 is 5.97 Å². The first kappa shape index (κ1) is 50.0. The van der Waals surface area contributed by atoms with Gasteiger partial charge >= 0.3 is 5.97 Å². The summed E-state index contributed by atoms with van der Waals surface area (Å²) in [6.07, 6.45) is -15.7. The Morgan fingerprint density at radius 3 is 1.97 bits per heavy atom. The molecule has 25 atom stereocenters. The largest absolute Gasteiger partial charge is 0.432 e. The molecule has 0 amide bonds. The molecule has 17 nitrogen and oxygen atoms in total. The van der Waals surface area contributed by atoms with Crippen LogP contribution in [0, 0.1) is 56.7 Å². The number of allylic oxidation sites excluding steroid dienone is 1. The molecule has 0 aromatic rings. The Hall–Kier alpha value is -1.39. The second-order valence-corrected chi connectivity index (χ2v) is 23.0. The molecule has 5 saturated carbocycles. The summed E-state index contributed by atoms with van der Waals surface area (Å²) in [6.45, 7) is 18.5. The smallest absolute Gasteiger partial charge is 0.314 e. The highest BCUT2D eigenvalue weighted by Gasteiger charge is 2.72. The van der Waals surface area contributed by atoms with E-state index in [2.05, 4.69) is 41.2 Å². The first-order valence-corrected chi connectivity index (χ1v) is 24.2. The van der Waals surface area contributed by atoms with Gasteiger partial charge in [-0.3, -0.25) is 4.79 Å². The Kier molecular flexibility index (Phi) is 13.7. The maximum absolute atomic E-state index is 15.0. The van der Waals surface area contributed by atoms with Gasteiger partial charge in [-0.2, -0.15) is 0 Å². The fourth-order valence-electron chi connectivity index (χ4n) is 15.7. The van der Waals surface area contributed by atoms with Gasteiger partial charge < -0.3 is 79.5 Å². The summed E-state index contributed by atoms with van der Waals surface area (Å²) in [5.41, 5.74) is -0.0485. The van der Waals surface area contributed by atoms with Gasteiger partial charge in [0.25, 0.3) is 0 Å². The summed E-state index contributed by atoms with van der Waals surface area (Å²) < 4.78 is 34.8. The molecule has 8 fully saturated rings. The van der Waals surface area contributed by atoms with Crippen molar-refractivity contribution in [1.29, 1.82) is 0 Å². The van der Waals surface area contributed by atoms with E-state index in [1.807, 2.05) is 6.92 Å². The molecular formula is C48H78O17. The van der Waals surface area contributed by atoms with Gasteiger partial charge in [-0.25, -0.2) is 0 Å². The van der Waals surface area contributed by atoms with Crippen LogP contribution in [0.5, 0.6) is 0 Å². The number of ether oxygens (including phenoxy) is 6. The van der Waals surface area contributed by atoms with Gasteiger partial charge in [-0.1, -0.05) is 46.8 Å². The van der Waals surface area contributed by atoms with E-state index in [-0.39, 0.29) is 45.5 Å². The van der Waals surface area contributed by atoms with Crippen LogP contribution in [0.15, 0.2) is 12.2 Å². The summed E-state index contributed by atoms with van der Waals surface area (Å²) in [5.74, 6) is 0.544. The van der Waals surface area contributed by atoms with Gasteiger partial charge in [0.2, 0.25) is 6.29 Å². The normalized spacial score (nSPS) is 55.2. The fourth-order valence-corrected chi connectivity index (χ4v) is 15.7. The Bertz CT molecular complexity index is 1750. The number of esters is 1. The molecule has 8 rings (SSSR count). The first-order valence-electron chi connectivity index (χ1n) is 24.2. The van der Waals surface area contributed by atoms with Crippen LogP contribution in [-0.2, 0) is 33.2 Å². The van der Waals surface area contributed by atoms with Crippen LogP contribution in [-0.4, -0.2) is 168 Å². The average molecular weight is 927 g/mol. The van der Waals surface area contributed by atoms with Crippen LogP contribution >= 0.6 is 0 Å². The van der Waals surface area contributed by atoms with Gasteiger partial charge in [0.15, 0.2) is 12.6 Å². The lowest BCUT2D eigenvalue weighted by atomic mass is 9.32. The molecule has 8 aliphatic rings. The molecule has 3 saturated heterocycles. The van der Waals surface area contributed by atoms with Crippen LogP contribution < -0.4 is 0 Å². The number of hydrogen-bond acceptors (Lipinski definition) is 17. The van der Waals surface area contributed by atoms with Crippen LogP contribution in [0.1, 0.15) is 113 Å². The molecule has 0 spiro atoms. The van der Waals surface area contributed by atoms with E-state index in [4.69, 9.17) is 28.4 Å². The van der Waals surface area contributed by atoms with Gasteiger partial charge in [0, 0.05) is 0 Å². The van der Waals surface area contributed by atoms with Crippen LogP contribution in [0.4, 0.5) is 0 Å². The number of rotatable bonds is 9. The number of carbonyl (C=O) groups is 1. The van der Waals surface area contributed by atoms with Crippen LogP contribution in [0.25, 0.3) is 0 Å². The van der Waals surface area contributed by atoms with Crippen molar-refractivity contribution in [1.82, 2.24) is 0 Å². The third kappa shape index (κ3) is 7.72. The Balaban J connectivity index is 0.962. The molecule has 17 heteroatoms. The molecule has 0 aromatic heterocycles. The Morgan fingerprint density at radius 1 is 0.646 bits per heavy atom. The molecule has 10 N–H and O–H groups in total. The minimum Gasteiger partial charge on any atom is -0.432 e. The molecular weight excluding hydrogens is 849 g/mol. The molecule has 3 aliphatic heterocycles. The van der Waals surface area contributed by atoms with Crippen molar-refractivity contribution in [3.63, 3.8) is 0 Å². The van der Waals surface area contributed by atoms with Gasteiger partial charge in [-0.15, -0.1) is 0 Å². The zero-order chi connectivity index (χ0) is 47.5. The second kappa shape index (κ2) is 17.8. The average Bonchev–Trinajstić information content (AvgIpc) is 3.67. The van der Waals surface area contributed by atoms with Crippen molar-refractivity contribution < 1.29 is 84.3 Å². The molecule has 372 valence electrons. The van der Waals surface area contributed by atoms with Crippen LogP contribution in [0.2, 0.25) is 0 Å². The zero-order valence-corrected chi connectivity index (χ0v) is 39.1. The van der Waals surface area contributed by atoms with E-state index in [1.165, 1.54) is 6.92 Å². The highest BCUT2D eigenvalue weighted by Crippen LogP contribution is 2.77. The highest BCUT2D eigenvalue weighted by atomic mass is 16.8. The number of carbonyl (C=O) groups excluding carboxylic acids is 1. The van der Waals surface area contributed by atoms with E-state index < -0.39 is 117 Å². The quantitative estimate of drug-likeness (QED) is 0.114. The number of aliphatic hydroxyl groups is 10. The van der Waals surface area contributed by atoms with Crippen molar-refractivity contribution in [3.8, 4) is 0 Å². The predicted molar refractivity (Wildman–Crippen MR) is 229 cm³/mol. The van der Waals surface area contributed by atoms with Gasteiger partial charge in [0.05, 0.1) is 30.8 Å². The summed E-state index contributed by atoms with van der Waals surface area (Å²) >= 11 is 0. The van der Waals surface area contributed by atoms with E-state index >= 15 is 0 Å². The molecule has 0 radical (unpaired) electrons. The Labute approximate surface area is 382 Å². The molecule has 3 heterocycles. The zero-order valence-electron chi connectivity index (χ0n) is 39.1. The number of hydrogen-bond donors (Lipinski definition) is 10. The van der Waals surface area contributed by atoms with Gasteiger partial charge in [0.1, 0.15) is 67.1 Å². The Morgan fingerprint density at radius 2 is 1.29 bits per heavy atom.